The van der Waals surface area contributed by atoms with Gasteiger partial charge in [-0.1, -0.05) is 32.4 Å². The van der Waals surface area contributed by atoms with E-state index in [0.717, 1.165) is 17.3 Å². The first-order valence-corrected chi connectivity index (χ1v) is 8.18. The molecule has 0 spiro atoms. The topological polar surface area (TPSA) is 34.1 Å². The van der Waals surface area contributed by atoms with Gasteiger partial charge in [0.1, 0.15) is 0 Å². The zero-order valence-corrected chi connectivity index (χ0v) is 14.3. The van der Waals surface area contributed by atoms with Crippen LogP contribution in [0.25, 0.3) is 0 Å². The fourth-order valence-electron chi connectivity index (χ4n) is 3.16. The van der Waals surface area contributed by atoms with E-state index in [1.165, 1.54) is 25.7 Å². The van der Waals surface area contributed by atoms with Crippen molar-refractivity contribution >= 4 is 17.3 Å². The van der Waals surface area contributed by atoms with Crippen LogP contribution in [0.1, 0.15) is 52.1 Å². The van der Waals surface area contributed by atoms with Gasteiger partial charge in [0.2, 0.25) is 0 Å². The van der Waals surface area contributed by atoms with Gasteiger partial charge < -0.3 is 10.1 Å². The molecule has 1 aliphatic carbocycles. The Bertz CT molecular complexity index is 462. The minimum Gasteiger partial charge on any atom is -0.381 e. The van der Waals surface area contributed by atoms with Gasteiger partial charge in [0.05, 0.1) is 23.0 Å². The smallest absolute Gasteiger partial charge is 0.0900 e. The largest absolute Gasteiger partial charge is 0.381 e. The van der Waals surface area contributed by atoms with E-state index < -0.39 is 0 Å². The molecule has 3 nitrogen and oxygen atoms in total. The highest BCUT2D eigenvalue weighted by Gasteiger charge is 2.29. The number of halogens is 1. The molecule has 0 saturated heterocycles. The van der Waals surface area contributed by atoms with Crippen molar-refractivity contribution in [3.63, 3.8) is 0 Å². The van der Waals surface area contributed by atoms with E-state index in [4.69, 9.17) is 16.3 Å². The van der Waals surface area contributed by atoms with E-state index in [-0.39, 0.29) is 0 Å². The number of hydrogen-bond donors (Lipinski definition) is 1. The Balaban J connectivity index is 1.96. The third-order valence-corrected chi connectivity index (χ3v) is 4.98. The van der Waals surface area contributed by atoms with Crippen LogP contribution in [-0.2, 0) is 11.3 Å². The summed E-state index contributed by atoms with van der Waals surface area (Å²) in [5, 5.41) is 4.28. The Morgan fingerprint density at radius 2 is 1.95 bits per heavy atom. The molecule has 0 bridgehead atoms. The average Bonchev–Trinajstić information content (AvgIpc) is 2.43. The molecule has 0 aromatic carbocycles. The summed E-state index contributed by atoms with van der Waals surface area (Å²) in [5.74, 6) is 0.826. The van der Waals surface area contributed by atoms with Crippen LogP contribution in [0.3, 0.4) is 0 Å². The number of hydrogen-bond acceptors (Lipinski definition) is 3. The fraction of sp³-hybridized carbons (Fsp3) is 0.706. The maximum Gasteiger partial charge on any atom is 0.0900 e. The van der Waals surface area contributed by atoms with Crippen LogP contribution in [-0.4, -0.2) is 18.1 Å². The predicted octanol–water partition coefficient (Wildman–Crippen LogP) is 4.90. The van der Waals surface area contributed by atoms with Crippen molar-refractivity contribution in [2.45, 2.75) is 59.1 Å². The van der Waals surface area contributed by atoms with Gasteiger partial charge in [0.15, 0.2) is 0 Å². The van der Waals surface area contributed by atoms with Gasteiger partial charge in [-0.15, -0.1) is 0 Å². The number of methoxy groups -OCH3 is 1. The van der Waals surface area contributed by atoms with Gasteiger partial charge >= 0.3 is 0 Å². The molecular weight excluding hydrogens is 284 g/mol. The molecule has 0 amide bonds. The number of pyridine rings is 1. The lowest BCUT2D eigenvalue weighted by Crippen LogP contribution is -2.31. The first kappa shape index (κ1) is 16.6. The van der Waals surface area contributed by atoms with Crippen molar-refractivity contribution < 1.29 is 4.74 Å². The van der Waals surface area contributed by atoms with Crippen LogP contribution in [0, 0.1) is 11.3 Å². The van der Waals surface area contributed by atoms with Crippen LogP contribution in [0.4, 0.5) is 5.69 Å². The number of nitrogens with one attached hydrogen (secondary N) is 1. The lowest BCUT2D eigenvalue weighted by atomic mass is 9.71. The molecule has 0 radical (unpaired) electrons. The quantitative estimate of drug-likeness (QED) is 0.859. The number of ether oxygens (including phenoxy) is 1. The monoisotopic (exact) mass is 310 g/mol. The number of nitrogens with zero attached hydrogens (tertiary/aromatic N) is 1. The van der Waals surface area contributed by atoms with Crippen LogP contribution in [0.2, 0.25) is 5.02 Å². The molecule has 0 atom stereocenters. The summed E-state index contributed by atoms with van der Waals surface area (Å²) in [4.78, 5) is 4.27. The molecule has 1 heterocycles. The highest BCUT2D eigenvalue weighted by molar-refractivity contribution is 6.33. The van der Waals surface area contributed by atoms with Gasteiger partial charge in [0.25, 0.3) is 0 Å². The number of anilines is 1. The predicted molar refractivity (Wildman–Crippen MR) is 88.8 cm³/mol. The molecule has 0 unspecified atom stereocenters. The Morgan fingerprint density at radius 1 is 1.29 bits per heavy atom. The molecule has 4 heteroatoms. The zero-order valence-electron chi connectivity index (χ0n) is 13.6. The number of rotatable bonds is 4. The van der Waals surface area contributed by atoms with Gasteiger partial charge in [-0.2, -0.15) is 0 Å². The molecule has 1 saturated carbocycles. The van der Waals surface area contributed by atoms with Crippen LogP contribution < -0.4 is 5.32 Å². The van der Waals surface area contributed by atoms with Gasteiger partial charge in [-0.3, -0.25) is 4.98 Å². The van der Waals surface area contributed by atoms with E-state index in [2.05, 4.69) is 31.1 Å². The molecule has 1 aromatic heterocycles. The Labute approximate surface area is 133 Å². The molecule has 1 fully saturated rings. The maximum atomic E-state index is 6.40. The molecule has 1 aliphatic rings. The minimum absolute atomic E-state index is 0.422. The third-order valence-electron chi connectivity index (χ3n) is 4.55. The molecule has 1 N–H and O–H groups in total. The van der Waals surface area contributed by atoms with E-state index in [1.807, 2.05) is 6.07 Å². The average molecular weight is 311 g/mol. The second-order valence-corrected chi connectivity index (χ2v) is 7.49. The first-order valence-electron chi connectivity index (χ1n) is 7.80. The van der Waals surface area contributed by atoms with Crippen LogP contribution >= 0.6 is 11.6 Å². The van der Waals surface area contributed by atoms with Crippen molar-refractivity contribution in [2.24, 2.45) is 11.3 Å². The van der Waals surface area contributed by atoms with Crippen molar-refractivity contribution in [3.05, 3.63) is 23.0 Å². The summed E-state index contributed by atoms with van der Waals surface area (Å²) in [6.45, 7) is 7.50. The first-order chi connectivity index (χ1) is 9.91. The second-order valence-electron chi connectivity index (χ2n) is 7.11. The van der Waals surface area contributed by atoms with Crippen molar-refractivity contribution in [1.29, 1.82) is 0 Å². The maximum absolute atomic E-state index is 6.40. The lowest BCUT2D eigenvalue weighted by Gasteiger charge is -2.37. The SMILES string of the molecule is COCc1nccc(NC2CCC(C(C)(C)C)CC2)c1Cl. The summed E-state index contributed by atoms with van der Waals surface area (Å²) in [5.41, 5.74) is 2.20. The molecule has 21 heavy (non-hydrogen) atoms. The van der Waals surface area contributed by atoms with Gasteiger partial charge in [-0.05, 0) is 43.1 Å². The van der Waals surface area contributed by atoms with E-state index in [9.17, 15) is 0 Å². The van der Waals surface area contributed by atoms with Gasteiger partial charge in [-0.25, -0.2) is 0 Å². The summed E-state index contributed by atoms with van der Waals surface area (Å²) in [6.07, 6.45) is 6.79. The molecule has 1 aromatic rings. The molecule has 118 valence electrons. The minimum atomic E-state index is 0.422. The summed E-state index contributed by atoms with van der Waals surface area (Å²) in [6, 6.07) is 2.47. The van der Waals surface area contributed by atoms with Crippen LogP contribution in [0.5, 0.6) is 0 Å². The molecular formula is C17H27ClN2O. The summed E-state index contributed by atoms with van der Waals surface area (Å²) in [7, 11) is 1.66. The standard InChI is InChI=1S/C17H27ClN2O/c1-17(2,3)12-5-7-13(8-6-12)20-14-9-10-19-15(11-21-4)16(14)18/h9-10,12-13H,5-8,11H2,1-4H3,(H,19,20). The summed E-state index contributed by atoms with van der Waals surface area (Å²) < 4.78 is 5.13. The Hall–Kier alpha value is -0.800. The molecule has 0 aliphatic heterocycles. The van der Waals surface area contributed by atoms with Crippen molar-refractivity contribution in [1.82, 2.24) is 4.98 Å². The Morgan fingerprint density at radius 3 is 2.52 bits per heavy atom. The lowest BCUT2D eigenvalue weighted by molar-refractivity contribution is 0.173. The Kier molecular flexibility index (Phi) is 5.50. The van der Waals surface area contributed by atoms with Crippen molar-refractivity contribution in [2.75, 3.05) is 12.4 Å². The normalized spacial score (nSPS) is 23.1. The highest BCUT2D eigenvalue weighted by Crippen LogP contribution is 2.39. The second kappa shape index (κ2) is 6.97. The molecule has 2 rings (SSSR count). The van der Waals surface area contributed by atoms with Crippen molar-refractivity contribution in [3.8, 4) is 0 Å². The number of aromatic nitrogens is 1. The van der Waals surface area contributed by atoms with E-state index in [0.29, 0.717) is 23.1 Å². The van der Waals surface area contributed by atoms with Gasteiger partial charge in [0, 0.05) is 19.3 Å². The van der Waals surface area contributed by atoms with E-state index in [1.54, 1.807) is 13.3 Å². The fourth-order valence-corrected chi connectivity index (χ4v) is 3.38. The summed E-state index contributed by atoms with van der Waals surface area (Å²) >= 11 is 6.40. The van der Waals surface area contributed by atoms with E-state index >= 15 is 0 Å². The third kappa shape index (κ3) is 4.33. The highest BCUT2D eigenvalue weighted by atomic mass is 35.5. The van der Waals surface area contributed by atoms with Crippen LogP contribution in [0.15, 0.2) is 12.3 Å². The zero-order chi connectivity index (χ0) is 15.5.